The summed E-state index contributed by atoms with van der Waals surface area (Å²) in [6, 6.07) is 4.74. The summed E-state index contributed by atoms with van der Waals surface area (Å²) in [5, 5.41) is 14.0. The van der Waals surface area contributed by atoms with Crippen molar-refractivity contribution in [3.63, 3.8) is 0 Å². The molecule has 21 heavy (non-hydrogen) atoms. The van der Waals surface area contributed by atoms with Crippen LogP contribution in [0.1, 0.15) is 12.8 Å². The predicted molar refractivity (Wildman–Crippen MR) is 80.5 cm³/mol. The van der Waals surface area contributed by atoms with Crippen molar-refractivity contribution in [1.82, 2.24) is 0 Å². The number of ether oxygens (including phenoxy) is 1. The molecule has 0 aromatic heterocycles. The molecule has 1 aliphatic rings. The molecule has 1 aliphatic heterocycles. The highest BCUT2D eigenvalue weighted by Gasteiger charge is 2.24. The molecular formula is C13H21N3O4S. The van der Waals surface area contributed by atoms with Crippen LogP contribution in [-0.2, 0) is 14.8 Å². The number of nitrogens with two attached hydrogens (primary N) is 2. The first-order chi connectivity index (χ1) is 9.91. The smallest absolute Gasteiger partial charge is 0.240 e. The maximum atomic E-state index is 11.7. The van der Waals surface area contributed by atoms with Crippen LogP contribution in [0.4, 0.5) is 11.4 Å². The van der Waals surface area contributed by atoms with Crippen LogP contribution in [0.5, 0.6) is 0 Å². The van der Waals surface area contributed by atoms with Crippen molar-refractivity contribution in [2.45, 2.75) is 23.8 Å². The third-order valence-electron chi connectivity index (χ3n) is 3.52. The van der Waals surface area contributed by atoms with Gasteiger partial charge in [-0.15, -0.1) is 0 Å². The molecule has 0 saturated carbocycles. The molecule has 1 aromatic rings. The Kier molecular flexibility index (Phi) is 5.04. The van der Waals surface area contributed by atoms with Crippen LogP contribution in [0.3, 0.4) is 0 Å². The van der Waals surface area contributed by atoms with Gasteiger partial charge in [0.05, 0.1) is 25.0 Å². The minimum Gasteiger partial charge on any atom is -0.399 e. The van der Waals surface area contributed by atoms with Gasteiger partial charge in [-0.25, -0.2) is 13.6 Å². The lowest BCUT2D eigenvalue weighted by molar-refractivity contribution is 0.0158. The van der Waals surface area contributed by atoms with Crippen molar-refractivity contribution >= 4 is 21.4 Å². The largest absolute Gasteiger partial charge is 0.399 e. The van der Waals surface area contributed by atoms with E-state index in [0.717, 1.165) is 12.8 Å². The van der Waals surface area contributed by atoms with Gasteiger partial charge >= 0.3 is 0 Å². The van der Waals surface area contributed by atoms with E-state index >= 15 is 0 Å². The van der Waals surface area contributed by atoms with E-state index < -0.39 is 10.0 Å². The summed E-state index contributed by atoms with van der Waals surface area (Å²) >= 11 is 0. The fourth-order valence-corrected chi connectivity index (χ4v) is 3.29. The van der Waals surface area contributed by atoms with Gasteiger partial charge < -0.3 is 20.5 Å². The molecule has 0 unspecified atom stereocenters. The molecular weight excluding hydrogens is 294 g/mol. The van der Waals surface area contributed by atoms with Gasteiger partial charge in [-0.05, 0) is 31.0 Å². The van der Waals surface area contributed by atoms with E-state index in [2.05, 4.69) is 0 Å². The SMILES string of the molecule is Nc1ccc(N2CCC(OCCO)CC2)c(S(N)(=O)=O)c1. The van der Waals surface area contributed by atoms with Gasteiger partial charge in [0.25, 0.3) is 0 Å². The van der Waals surface area contributed by atoms with Crippen molar-refractivity contribution in [2.75, 3.05) is 36.9 Å². The normalized spacial score (nSPS) is 17.1. The predicted octanol–water partition coefficient (Wildman–Crippen LogP) is -0.106. The van der Waals surface area contributed by atoms with E-state index in [0.29, 0.717) is 31.1 Å². The second-order valence-corrected chi connectivity index (χ2v) is 6.58. The van der Waals surface area contributed by atoms with Gasteiger partial charge in [0.1, 0.15) is 4.90 Å². The molecule has 7 nitrogen and oxygen atoms in total. The molecule has 1 saturated heterocycles. The second kappa shape index (κ2) is 6.61. The van der Waals surface area contributed by atoms with Crippen LogP contribution in [-0.4, -0.2) is 45.9 Å². The van der Waals surface area contributed by atoms with Crippen molar-refractivity contribution in [3.8, 4) is 0 Å². The van der Waals surface area contributed by atoms with E-state index in [9.17, 15) is 8.42 Å². The molecule has 118 valence electrons. The van der Waals surface area contributed by atoms with Gasteiger partial charge in [0, 0.05) is 18.8 Å². The van der Waals surface area contributed by atoms with Crippen LogP contribution >= 0.6 is 0 Å². The average Bonchev–Trinajstić information content (AvgIpc) is 2.45. The highest BCUT2D eigenvalue weighted by atomic mass is 32.2. The number of aliphatic hydroxyl groups is 1. The molecule has 0 radical (unpaired) electrons. The summed E-state index contributed by atoms with van der Waals surface area (Å²) in [6.45, 7) is 1.67. The van der Waals surface area contributed by atoms with Crippen molar-refractivity contribution < 1.29 is 18.3 Å². The summed E-state index contributed by atoms with van der Waals surface area (Å²) in [6.07, 6.45) is 1.64. The minimum atomic E-state index is -3.82. The Bertz CT molecular complexity index is 583. The average molecular weight is 315 g/mol. The zero-order chi connectivity index (χ0) is 15.5. The lowest BCUT2D eigenvalue weighted by Gasteiger charge is -2.34. The fraction of sp³-hybridized carbons (Fsp3) is 0.538. The van der Waals surface area contributed by atoms with Gasteiger partial charge in [0.15, 0.2) is 0 Å². The van der Waals surface area contributed by atoms with E-state index in [1.807, 2.05) is 4.90 Å². The van der Waals surface area contributed by atoms with Crippen LogP contribution in [0.15, 0.2) is 23.1 Å². The van der Waals surface area contributed by atoms with Crippen LogP contribution in [0.2, 0.25) is 0 Å². The molecule has 1 aromatic carbocycles. The van der Waals surface area contributed by atoms with Gasteiger partial charge in [0.2, 0.25) is 10.0 Å². The summed E-state index contributed by atoms with van der Waals surface area (Å²) in [5.74, 6) is 0. The van der Waals surface area contributed by atoms with Gasteiger partial charge in [-0.2, -0.15) is 0 Å². The van der Waals surface area contributed by atoms with Crippen molar-refractivity contribution in [1.29, 1.82) is 0 Å². The maximum absolute atomic E-state index is 11.7. The number of nitrogen functional groups attached to an aromatic ring is 1. The quantitative estimate of drug-likeness (QED) is 0.653. The fourth-order valence-electron chi connectivity index (χ4n) is 2.50. The molecule has 0 bridgehead atoms. The summed E-state index contributed by atoms with van der Waals surface area (Å²) in [7, 11) is -3.82. The Hall–Kier alpha value is -1.35. The van der Waals surface area contributed by atoms with E-state index in [1.165, 1.54) is 6.07 Å². The molecule has 0 amide bonds. The number of benzene rings is 1. The number of hydrogen-bond acceptors (Lipinski definition) is 6. The van der Waals surface area contributed by atoms with Crippen molar-refractivity contribution in [3.05, 3.63) is 18.2 Å². The molecule has 2 rings (SSSR count). The summed E-state index contributed by atoms with van der Waals surface area (Å²) < 4.78 is 28.9. The number of rotatable bonds is 5. The molecule has 1 fully saturated rings. The van der Waals surface area contributed by atoms with E-state index in [4.69, 9.17) is 20.7 Å². The summed E-state index contributed by atoms with van der Waals surface area (Å²) in [5.41, 5.74) is 6.59. The third kappa shape index (κ3) is 4.07. The Morgan fingerprint density at radius 1 is 1.33 bits per heavy atom. The first-order valence-corrected chi connectivity index (χ1v) is 8.36. The highest BCUT2D eigenvalue weighted by molar-refractivity contribution is 7.89. The van der Waals surface area contributed by atoms with Crippen LogP contribution in [0.25, 0.3) is 0 Å². The molecule has 0 atom stereocenters. The number of anilines is 2. The molecule has 5 N–H and O–H groups in total. The zero-order valence-electron chi connectivity index (χ0n) is 11.7. The third-order valence-corrected chi connectivity index (χ3v) is 4.46. The van der Waals surface area contributed by atoms with E-state index in [1.54, 1.807) is 12.1 Å². The number of piperidine rings is 1. The lowest BCUT2D eigenvalue weighted by Crippen LogP contribution is -2.38. The topological polar surface area (TPSA) is 119 Å². The Morgan fingerprint density at radius 3 is 2.57 bits per heavy atom. The maximum Gasteiger partial charge on any atom is 0.240 e. The molecule has 8 heteroatoms. The zero-order valence-corrected chi connectivity index (χ0v) is 12.6. The van der Waals surface area contributed by atoms with Crippen molar-refractivity contribution in [2.24, 2.45) is 5.14 Å². The Balaban J connectivity index is 2.14. The Morgan fingerprint density at radius 2 is 2.00 bits per heavy atom. The first kappa shape index (κ1) is 16.0. The molecule has 0 spiro atoms. The van der Waals surface area contributed by atoms with Gasteiger partial charge in [-0.1, -0.05) is 0 Å². The summed E-state index contributed by atoms with van der Waals surface area (Å²) in [4.78, 5) is 2.02. The van der Waals surface area contributed by atoms with Crippen LogP contribution in [0, 0.1) is 0 Å². The molecule has 0 aliphatic carbocycles. The lowest BCUT2D eigenvalue weighted by atomic mass is 10.1. The first-order valence-electron chi connectivity index (χ1n) is 6.81. The Labute approximate surface area is 124 Å². The monoisotopic (exact) mass is 315 g/mol. The number of sulfonamides is 1. The van der Waals surface area contributed by atoms with Gasteiger partial charge in [-0.3, -0.25) is 0 Å². The number of nitrogens with zero attached hydrogens (tertiary/aromatic N) is 1. The van der Waals surface area contributed by atoms with E-state index in [-0.39, 0.29) is 17.6 Å². The number of hydrogen-bond donors (Lipinski definition) is 3. The van der Waals surface area contributed by atoms with Crippen LogP contribution < -0.4 is 15.8 Å². The standard InChI is InChI=1S/C13H21N3O4S/c14-10-1-2-12(13(9-10)21(15,18)19)16-5-3-11(4-6-16)20-8-7-17/h1-2,9,11,17H,3-8,14H2,(H2,15,18,19). The second-order valence-electron chi connectivity index (χ2n) is 5.05. The minimum absolute atomic E-state index is 0.00768. The highest BCUT2D eigenvalue weighted by Crippen LogP contribution is 2.29. The molecule has 1 heterocycles. The number of primary sulfonamides is 1. The number of aliphatic hydroxyl groups excluding tert-OH is 1.